The molecule has 0 fully saturated rings. The third-order valence-corrected chi connectivity index (χ3v) is 2.74. The molecule has 0 aromatic heterocycles. The average molecular weight is 290 g/mol. The van der Waals surface area contributed by atoms with Crippen LogP contribution in [-0.4, -0.2) is 47.5 Å². The van der Waals surface area contributed by atoms with E-state index in [1.807, 2.05) is 0 Å². The Morgan fingerprint density at radius 3 is 1.56 bits per heavy atom. The van der Waals surface area contributed by atoms with Crippen molar-refractivity contribution in [2.45, 2.75) is 6.92 Å². The number of hydrogen-bond donors (Lipinski definition) is 3. The fourth-order valence-electron chi connectivity index (χ4n) is 0.277. The molecule has 0 aromatic rings. The van der Waals surface area contributed by atoms with Gasteiger partial charge in [0.05, 0.1) is 0 Å². The molecular weight excluding hydrogens is 282 g/mol. The van der Waals surface area contributed by atoms with E-state index in [1.165, 1.54) is 6.92 Å². The molecule has 0 radical (unpaired) electrons. The summed E-state index contributed by atoms with van der Waals surface area (Å²) in [5, 5.41) is 0. The summed E-state index contributed by atoms with van der Waals surface area (Å²) in [4.78, 5) is 52.0. The van der Waals surface area contributed by atoms with Crippen molar-refractivity contribution < 1.29 is 46.5 Å². The fourth-order valence-corrected chi connectivity index (χ4v) is 1.43. The maximum absolute atomic E-state index is 9.51. The minimum Gasteiger partial charge on any atom is -0.861 e. The molecule has 0 saturated heterocycles. The standard InChI is InChI=1S/C2H5O4Si.B.H3O6PSi/c1-2-6-7(3,4)5;;1-7(2)6-8(3,4)5/h2H2,1H3;;3-5H/q-3;+3;. The van der Waals surface area contributed by atoms with E-state index in [4.69, 9.17) is 14.4 Å². The Morgan fingerprint density at radius 2 is 1.56 bits per heavy atom. The number of hydrogen-bond acceptors (Lipinski definition) is 10. The van der Waals surface area contributed by atoms with Crippen molar-refractivity contribution >= 4 is 34.4 Å². The van der Waals surface area contributed by atoms with Gasteiger partial charge in [0.1, 0.15) is 0 Å². The Morgan fingerprint density at radius 1 is 1.19 bits per heavy atom. The second kappa shape index (κ2) is 9.14. The van der Waals surface area contributed by atoms with Crippen LogP contribution in [0.3, 0.4) is 0 Å². The Hall–Kier alpha value is 0.0787. The SMILES string of the molecule is CCO[Si]([O-])([O-])[O-].O=P(=O)O[Si](O)(O)O.[B+3]. The van der Waals surface area contributed by atoms with E-state index in [0.29, 0.717) is 0 Å². The number of rotatable bonds is 4. The molecule has 0 bridgehead atoms. The molecule has 0 heterocycles. The van der Waals surface area contributed by atoms with Gasteiger partial charge in [-0.1, -0.05) is 0 Å². The summed E-state index contributed by atoms with van der Waals surface area (Å²) >= 11 is 0. The molecule has 10 nitrogen and oxygen atoms in total. The van der Waals surface area contributed by atoms with Gasteiger partial charge in [-0.05, 0) is 6.92 Å². The van der Waals surface area contributed by atoms with E-state index in [9.17, 15) is 23.5 Å². The van der Waals surface area contributed by atoms with Gasteiger partial charge in [0, 0.05) is 6.61 Å². The van der Waals surface area contributed by atoms with E-state index < -0.39 is 26.0 Å². The molecule has 16 heavy (non-hydrogen) atoms. The van der Waals surface area contributed by atoms with Crippen molar-refractivity contribution in [1.82, 2.24) is 0 Å². The summed E-state index contributed by atoms with van der Waals surface area (Å²) in [6.07, 6.45) is 0. The maximum atomic E-state index is 9.51. The minimum absolute atomic E-state index is 0. The average Bonchev–Trinajstić information content (AvgIpc) is 1.77. The quantitative estimate of drug-likeness (QED) is 0.333. The van der Waals surface area contributed by atoms with E-state index >= 15 is 0 Å². The van der Waals surface area contributed by atoms with Gasteiger partial charge in [-0.15, -0.1) is 9.05 Å². The third kappa shape index (κ3) is 29.2. The van der Waals surface area contributed by atoms with Crippen molar-refractivity contribution in [1.29, 1.82) is 0 Å². The van der Waals surface area contributed by atoms with Crippen molar-refractivity contribution in [2.75, 3.05) is 6.61 Å². The first-order valence-corrected chi connectivity index (χ1v) is 7.71. The van der Waals surface area contributed by atoms with Gasteiger partial charge in [0.25, 0.3) is 0 Å². The monoisotopic (exact) mass is 290 g/mol. The molecule has 0 aliphatic heterocycles. The van der Waals surface area contributed by atoms with E-state index in [1.54, 1.807) is 0 Å². The molecule has 0 aliphatic rings. The normalized spacial score (nSPS) is 10.9. The van der Waals surface area contributed by atoms with Crippen molar-refractivity contribution in [3.05, 3.63) is 0 Å². The van der Waals surface area contributed by atoms with Crippen molar-refractivity contribution in [3.8, 4) is 0 Å². The van der Waals surface area contributed by atoms with E-state index in [-0.39, 0.29) is 15.0 Å². The van der Waals surface area contributed by atoms with Gasteiger partial charge in [0.2, 0.25) is 0 Å². The second-order valence-electron chi connectivity index (χ2n) is 1.82. The summed E-state index contributed by atoms with van der Waals surface area (Å²) < 4.78 is 25.7. The van der Waals surface area contributed by atoms with Crippen LogP contribution in [0, 0.1) is 0 Å². The Labute approximate surface area is 95.2 Å². The second-order valence-corrected chi connectivity index (χ2v) is 5.44. The summed E-state index contributed by atoms with van der Waals surface area (Å²) in [7, 11) is -13.1. The van der Waals surface area contributed by atoms with E-state index in [0.717, 1.165) is 0 Å². The molecule has 0 saturated carbocycles. The van der Waals surface area contributed by atoms with Crippen LogP contribution in [0.4, 0.5) is 0 Å². The van der Waals surface area contributed by atoms with Crippen LogP contribution in [0.5, 0.6) is 0 Å². The molecule has 0 rings (SSSR count). The van der Waals surface area contributed by atoms with Crippen LogP contribution < -0.4 is 14.4 Å². The molecule has 14 heteroatoms. The van der Waals surface area contributed by atoms with Gasteiger partial charge < -0.3 is 33.2 Å². The predicted octanol–water partition coefficient (Wildman–Crippen LogP) is -5.34. The zero-order valence-electron chi connectivity index (χ0n) is 7.93. The van der Waals surface area contributed by atoms with Crippen LogP contribution in [-0.2, 0) is 17.8 Å². The van der Waals surface area contributed by atoms with Gasteiger partial charge in [-0.3, -0.25) is 0 Å². The maximum Gasteiger partial charge on any atom is 3.00 e. The third-order valence-electron chi connectivity index (χ3n) is 0.518. The molecular formula is C2H8BO10PSi2. The molecule has 3 N–H and O–H groups in total. The molecule has 0 spiro atoms. The molecule has 0 unspecified atom stereocenters. The van der Waals surface area contributed by atoms with Gasteiger partial charge in [-0.25, -0.2) is 13.3 Å². The Kier molecular flexibility index (Phi) is 12.2. The zero-order valence-corrected chi connectivity index (χ0v) is 10.8. The largest absolute Gasteiger partial charge is 3.00 e. The van der Waals surface area contributed by atoms with Crippen LogP contribution in [0.2, 0.25) is 0 Å². The summed E-state index contributed by atoms with van der Waals surface area (Å²) in [5.41, 5.74) is 0. The summed E-state index contributed by atoms with van der Waals surface area (Å²) in [5.74, 6) is 0. The van der Waals surface area contributed by atoms with Crippen molar-refractivity contribution in [3.63, 3.8) is 0 Å². The minimum atomic E-state index is -4.91. The Balaban J connectivity index is -0.000000200. The van der Waals surface area contributed by atoms with Gasteiger partial charge in [-0.2, -0.15) is 0 Å². The van der Waals surface area contributed by atoms with Crippen molar-refractivity contribution in [2.24, 2.45) is 0 Å². The molecule has 0 amide bonds. The smallest absolute Gasteiger partial charge is 0.861 e. The topological polar surface area (TPSA) is 182 Å². The van der Waals surface area contributed by atoms with Crippen LogP contribution >= 0.6 is 7.91 Å². The van der Waals surface area contributed by atoms with Gasteiger partial charge in [0.15, 0.2) is 0 Å². The van der Waals surface area contributed by atoms with Crippen LogP contribution in [0.25, 0.3) is 0 Å². The summed E-state index contributed by atoms with van der Waals surface area (Å²) in [6, 6.07) is 0. The van der Waals surface area contributed by atoms with E-state index in [2.05, 4.69) is 8.64 Å². The van der Waals surface area contributed by atoms with Crippen LogP contribution in [0.1, 0.15) is 6.92 Å². The first-order valence-electron chi connectivity index (χ1n) is 3.23. The molecule has 0 aromatic carbocycles. The first-order chi connectivity index (χ1) is 6.48. The molecule has 0 atom stereocenters. The zero-order chi connectivity index (χ0) is 12.7. The Bertz CT molecular complexity index is 222. The first kappa shape index (κ1) is 21.4. The van der Waals surface area contributed by atoms with Crippen LogP contribution in [0.15, 0.2) is 0 Å². The predicted molar refractivity (Wildman–Crippen MR) is 44.9 cm³/mol. The fraction of sp³-hybridized carbons (Fsp3) is 1.00. The molecule has 0 aliphatic carbocycles. The summed E-state index contributed by atoms with van der Waals surface area (Å²) in [6.45, 7) is 1.37. The van der Waals surface area contributed by atoms with Gasteiger partial charge >= 0.3 is 25.4 Å². The molecule has 92 valence electrons.